The van der Waals surface area contributed by atoms with Gasteiger partial charge in [-0.05, 0) is 42.9 Å². The van der Waals surface area contributed by atoms with Crippen molar-refractivity contribution in [2.45, 2.75) is 26.3 Å². The highest BCUT2D eigenvalue weighted by molar-refractivity contribution is 9.10. The predicted octanol–water partition coefficient (Wildman–Crippen LogP) is 3.50. The minimum atomic E-state index is 0.153. The van der Waals surface area contributed by atoms with E-state index >= 15 is 0 Å². The van der Waals surface area contributed by atoms with Crippen molar-refractivity contribution in [3.05, 3.63) is 28.2 Å². The van der Waals surface area contributed by atoms with E-state index in [1.165, 1.54) is 12.0 Å². The molecule has 0 radical (unpaired) electrons. The molecule has 2 N–H and O–H groups in total. The molecular weight excluding hydrogens is 266 g/mol. The summed E-state index contributed by atoms with van der Waals surface area (Å²) >= 11 is 3.57. The molecule has 1 aromatic rings. The van der Waals surface area contributed by atoms with E-state index < -0.39 is 0 Å². The summed E-state index contributed by atoms with van der Waals surface area (Å²) in [4.78, 5) is 0. The second-order valence-corrected chi connectivity index (χ2v) is 5.37. The molecule has 0 bridgehead atoms. The molecule has 16 heavy (non-hydrogen) atoms. The summed E-state index contributed by atoms with van der Waals surface area (Å²) in [7, 11) is 0. The standard InChI is InChI=1S/C13H18BrNO/c1-3-16-9-4-5-10(12(14)7-9)13(15)11-6-8(11)2/h4-5,7-8,11,13H,3,6,15H2,1-2H3. The maximum atomic E-state index is 6.24. The van der Waals surface area contributed by atoms with Crippen molar-refractivity contribution in [2.24, 2.45) is 17.6 Å². The van der Waals surface area contributed by atoms with E-state index in [9.17, 15) is 0 Å². The summed E-state index contributed by atoms with van der Waals surface area (Å²) in [5.41, 5.74) is 7.44. The van der Waals surface area contributed by atoms with Crippen LogP contribution < -0.4 is 10.5 Å². The van der Waals surface area contributed by atoms with Crippen molar-refractivity contribution >= 4 is 15.9 Å². The number of hydrogen-bond acceptors (Lipinski definition) is 2. The van der Waals surface area contributed by atoms with Crippen molar-refractivity contribution in [3.8, 4) is 5.75 Å². The molecule has 0 aliphatic heterocycles. The first-order valence-electron chi connectivity index (χ1n) is 5.81. The molecule has 1 saturated carbocycles. The summed E-state index contributed by atoms with van der Waals surface area (Å²) in [5.74, 6) is 2.32. The zero-order valence-electron chi connectivity index (χ0n) is 9.74. The normalized spacial score (nSPS) is 25.2. The molecule has 1 aliphatic carbocycles. The lowest BCUT2D eigenvalue weighted by atomic mass is 10.0. The number of rotatable bonds is 4. The van der Waals surface area contributed by atoms with Gasteiger partial charge in [0.25, 0.3) is 0 Å². The smallest absolute Gasteiger partial charge is 0.120 e. The fraction of sp³-hybridized carbons (Fsp3) is 0.538. The maximum absolute atomic E-state index is 6.24. The van der Waals surface area contributed by atoms with E-state index in [1.54, 1.807) is 0 Å². The molecule has 0 spiro atoms. The minimum absolute atomic E-state index is 0.153. The van der Waals surface area contributed by atoms with Gasteiger partial charge in [0.05, 0.1) is 6.61 Å². The Labute approximate surface area is 105 Å². The van der Waals surface area contributed by atoms with Gasteiger partial charge >= 0.3 is 0 Å². The third-order valence-electron chi connectivity index (χ3n) is 3.28. The van der Waals surface area contributed by atoms with Crippen LogP contribution >= 0.6 is 15.9 Å². The SMILES string of the molecule is CCOc1ccc(C(N)C2CC2C)c(Br)c1. The quantitative estimate of drug-likeness (QED) is 0.918. The summed E-state index contributed by atoms with van der Waals surface area (Å²) in [6.45, 7) is 4.93. The van der Waals surface area contributed by atoms with E-state index in [0.29, 0.717) is 12.5 Å². The highest BCUT2D eigenvalue weighted by Crippen LogP contribution is 2.47. The molecule has 88 valence electrons. The average Bonchev–Trinajstić information content (AvgIpc) is 2.95. The summed E-state index contributed by atoms with van der Waals surface area (Å²) in [6.07, 6.45) is 1.25. The van der Waals surface area contributed by atoms with Crippen LogP contribution in [0.1, 0.15) is 31.9 Å². The highest BCUT2D eigenvalue weighted by Gasteiger charge is 2.38. The lowest BCUT2D eigenvalue weighted by Crippen LogP contribution is -2.14. The van der Waals surface area contributed by atoms with E-state index in [0.717, 1.165) is 16.1 Å². The Morgan fingerprint density at radius 2 is 2.25 bits per heavy atom. The first-order chi connectivity index (χ1) is 7.63. The molecule has 3 unspecified atom stereocenters. The number of halogens is 1. The third kappa shape index (κ3) is 2.41. The van der Waals surface area contributed by atoms with Crippen LogP contribution in [0.4, 0.5) is 0 Å². The average molecular weight is 284 g/mol. The van der Waals surface area contributed by atoms with Gasteiger partial charge in [-0.2, -0.15) is 0 Å². The van der Waals surface area contributed by atoms with Crippen LogP contribution in [0.25, 0.3) is 0 Å². The van der Waals surface area contributed by atoms with Gasteiger partial charge in [0, 0.05) is 10.5 Å². The van der Waals surface area contributed by atoms with E-state index in [2.05, 4.69) is 28.9 Å². The lowest BCUT2D eigenvalue weighted by molar-refractivity contribution is 0.340. The first kappa shape index (κ1) is 11.9. The van der Waals surface area contributed by atoms with Crippen LogP contribution in [-0.2, 0) is 0 Å². The predicted molar refractivity (Wildman–Crippen MR) is 69.5 cm³/mol. The van der Waals surface area contributed by atoms with Crippen molar-refractivity contribution in [1.29, 1.82) is 0 Å². The summed E-state index contributed by atoms with van der Waals surface area (Å²) < 4.78 is 6.51. The number of ether oxygens (including phenoxy) is 1. The zero-order chi connectivity index (χ0) is 11.7. The van der Waals surface area contributed by atoms with Crippen molar-refractivity contribution in [1.82, 2.24) is 0 Å². The molecule has 3 atom stereocenters. The molecule has 2 nitrogen and oxygen atoms in total. The molecule has 1 aromatic carbocycles. The Balaban J connectivity index is 2.15. The molecule has 0 amide bonds. The largest absolute Gasteiger partial charge is 0.494 e. The zero-order valence-corrected chi connectivity index (χ0v) is 11.3. The molecule has 2 rings (SSSR count). The Morgan fingerprint density at radius 3 is 2.75 bits per heavy atom. The van der Waals surface area contributed by atoms with Crippen molar-refractivity contribution in [2.75, 3.05) is 6.61 Å². The van der Waals surface area contributed by atoms with Crippen LogP contribution in [0, 0.1) is 11.8 Å². The summed E-state index contributed by atoms with van der Waals surface area (Å²) in [6, 6.07) is 6.23. The minimum Gasteiger partial charge on any atom is -0.494 e. The van der Waals surface area contributed by atoms with E-state index in [4.69, 9.17) is 10.5 Å². The fourth-order valence-electron chi connectivity index (χ4n) is 2.12. The molecule has 0 heterocycles. The first-order valence-corrected chi connectivity index (χ1v) is 6.60. The monoisotopic (exact) mass is 283 g/mol. The molecule has 0 saturated heterocycles. The van der Waals surface area contributed by atoms with Crippen LogP contribution in [0.5, 0.6) is 5.75 Å². The number of benzene rings is 1. The van der Waals surface area contributed by atoms with Crippen LogP contribution in [0.2, 0.25) is 0 Å². The van der Waals surface area contributed by atoms with Crippen molar-refractivity contribution < 1.29 is 4.74 Å². The Kier molecular flexibility index (Phi) is 3.55. The Bertz CT molecular complexity index is 380. The van der Waals surface area contributed by atoms with Gasteiger partial charge in [-0.15, -0.1) is 0 Å². The van der Waals surface area contributed by atoms with Gasteiger partial charge in [0.15, 0.2) is 0 Å². The molecule has 0 aromatic heterocycles. The van der Waals surface area contributed by atoms with E-state index in [1.807, 2.05) is 19.1 Å². The van der Waals surface area contributed by atoms with Gasteiger partial charge < -0.3 is 10.5 Å². The van der Waals surface area contributed by atoms with Crippen molar-refractivity contribution in [3.63, 3.8) is 0 Å². The summed E-state index contributed by atoms with van der Waals surface area (Å²) in [5, 5.41) is 0. The lowest BCUT2D eigenvalue weighted by Gasteiger charge is -2.14. The van der Waals surface area contributed by atoms with E-state index in [-0.39, 0.29) is 6.04 Å². The second-order valence-electron chi connectivity index (χ2n) is 4.52. The molecule has 1 fully saturated rings. The second kappa shape index (κ2) is 4.76. The maximum Gasteiger partial charge on any atom is 0.120 e. The van der Waals surface area contributed by atoms with Gasteiger partial charge in [-0.1, -0.05) is 28.9 Å². The third-order valence-corrected chi connectivity index (χ3v) is 3.96. The van der Waals surface area contributed by atoms with Crippen LogP contribution in [0.3, 0.4) is 0 Å². The number of nitrogens with two attached hydrogens (primary N) is 1. The fourth-order valence-corrected chi connectivity index (χ4v) is 2.74. The highest BCUT2D eigenvalue weighted by atomic mass is 79.9. The van der Waals surface area contributed by atoms with Gasteiger partial charge in [0.1, 0.15) is 5.75 Å². The molecule has 1 aliphatic rings. The van der Waals surface area contributed by atoms with Crippen LogP contribution in [0.15, 0.2) is 22.7 Å². The number of hydrogen-bond donors (Lipinski definition) is 1. The van der Waals surface area contributed by atoms with Gasteiger partial charge in [0.2, 0.25) is 0 Å². The van der Waals surface area contributed by atoms with Gasteiger partial charge in [-0.3, -0.25) is 0 Å². The topological polar surface area (TPSA) is 35.2 Å². The van der Waals surface area contributed by atoms with Crippen LogP contribution in [-0.4, -0.2) is 6.61 Å². The van der Waals surface area contributed by atoms with Gasteiger partial charge in [-0.25, -0.2) is 0 Å². The Morgan fingerprint density at radius 1 is 1.56 bits per heavy atom. The molecular formula is C13H18BrNO. The Hall–Kier alpha value is -0.540. The molecule has 3 heteroatoms.